The van der Waals surface area contributed by atoms with E-state index in [4.69, 9.17) is 16.2 Å². The fourth-order valence-corrected chi connectivity index (χ4v) is 4.99. The molecular formula is C23H25N7OS. The van der Waals surface area contributed by atoms with Crippen LogP contribution in [0.1, 0.15) is 29.3 Å². The summed E-state index contributed by atoms with van der Waals surface area (Å²) in [5.41, 5.74) is 19.0. The molecule has 1 aliphatic heterocycles. The number of thiazole rings is 1. The first-order valence-corrected chi connectivity index (χ1v) is 11.4. The van der Waals surface area contributed by atoms with Gasteiger partial charge in [-0.3, -0.25) is 0 Å². The first-order valence-electron chi connectivity index (χ1n) is 10.6. The van der Waals surface area contributed by atoms with E-state index in [1.54, 1.807) is 0 Å². The lowest BCUT2D eigenvalue weighted by Crippen LogP contribution is -2.28. The molecule has 0 saturated carbocycles. The molecule has 0 unspecified atom stereocenters. The molecule has 5 rings (SSSR count). The number of pyridine rings is 1. The van der Waals surface area contributed by atoms with Crippen molar-refractivity contribution >= 4 is 38.6 Å². The highest BCUT2D eigenvalue weighted by atomic mass is 32.1. The van der Waals surface area contributed by atoms with Gasteiger partial charge in [-0.1, -0.05) is 18.3 Å². The molecule has 0 atom stereocenters. The SMILES string of the molecule is CCc1c(C)nc(N)nc1N1CCOc2c(C)cc(-c3cnc4sc(N)nc4c3)cc2C1. The van der Waals surface area contributed by atoms with Gasteiger partial charge in [-0.15, -0.1) is 0 Å². The van der Waals surface area contributed by atoms with Crippen LogP contribution in [0.3, 0.4) is 0 Å². The number of anilines is 3. The normalized spacial score (nSPS) is 13.7. The number of hydrogen-bond donors (Lipinski definition) is 2. The van der Waals surface area contributed by atoms with E-state index in [0.717, 1.165) is 68.4 Å². The minimum absolute atomic E-state index is 0.298. The second kappa shape index (κ2) is 7.90. The van der Waals surface area contributed by atoms with Gasteiger partial charge >= 0.3 is 0 Å². The second-order valence-electron chi connectivity index (χ2n) is 7.97. The standard InChI is InChI=1S/C23H25N7OS/c1-4-17-13(3)27-22(24)29-20(17)30-5-6-31-19-12(2)7-14(8-16(19)11-30)15-9-18-21(26-10-15)32-23(25)28-18/h7-10H,4-6,11H2,1-3H3,(H2,25,28)(H2,24,27,29). The summed E-state index contributed by atoms with van der Waals surface area (Å²) in [6, 6.07) is 6.34. The number of rotatable bonds is 3. The van der Waals surface area contributed by atoms with Gasteiger partial charge in [0.15, 0.2) is 5.13 Å². The molecule has 4 heterocycles. The summed E-state index contributed by atoms with van der Waals surface area (Å²) >= 11 is 1.40. The fourth-order valence-electron chi connectivity index (χ4n) is 4.34. The van der Waals surface area contributed by atoms with Crippen LogP contribution in [0.5, 0.6) is 5.75 Å². The number of aryl methyl sites for hydroxylation is 2. The second-order valence-corrected chi connectivity index (χ2v) is 8.98. The number of hydrogen-bond acceptors (Lipinski definition) is 9. The molecule has 3 aromatic heterocycles. The van der Waals surface area contributed by atoms with Gasteiger partial charge in [0.05, 0.1) is 6.54 Å². The van der Waals surface area contributed by atoms with Crippen molar-refractivity contribution in [3.8, 4) is 16.9 Å². The van der Waals surface area contributed by atoms with Crippen LogP contribution in [0.25, 0.3) is 21.5 Å². The van der Waals surface area contributed by atoms with Crippen LogP contribution in [0.15, 0.2) is 24.4 Å². The van der Waals surface area contributed by atoms with Gasteiger partial charge in [0.2, 0.25) is 5.95 Å². The Morgan fingerprint density at radius 2 is 1.94 bits per heavy atom. The smallest absolute Gasteiger partial charge is 0.222 e. The number of nitrogen functional groups attached to an aromatic ring is 2. The van der Waals surface area contributed by atoms with E-state index < -0.39 is 0 Å². The Morgan fingerprint density at radius 1 is 1.09 bits per heavy atom. The van der Waals surface area contributed by atoms with Crippen molar-refractivity contribution in [3.63, 3.8) is 0 Å². The molecular weight excluding hydrogens is 422 g/mol. The van der Waals surface area contributed by atoms with E-state index >= 15 is 0 Å². The van der Waals surface area contributed by atoms with E-state index in [2.05, 4.69) is 50.8 Å². The fraction of sp³-hybridized carbons (Fsp3) is 0.304. The van der Waals surface area contributed by atoms with Crippen LogP contribution in [0.2, 0.25) is 0 Å². The topological polar surface area (TPSA) is 116 Å². The van der Waals surface area contributed by atoms with Gasteiger partial charge in [0.25, 0.3) is 0 Å². The van der Waals surface area contributed by atoms with E-state index in [0.29, 0.717) is 24.2 Å². The number of aromatic nitrogens is 4. The first kappa shape index (κ1) is 20.4. The largest absolute Gasteiger partial charge is 0.491 e. The monoisotopic (exact) mass is 447 g/mol. The van der Waals surface area contributed by atoms with Gasteiger partial charge in [-0.2, -0.15) is 4.98 Å². The molecule has 0 spiro atoms. The van der Waals surface area contributed by atoms with Crippen molar-refractivity contribution < 1.29 is 4.74 Å². The average Bonchev–Trinajstić information content (AvgIpc) is 2.98. The molecule has 4 aromatic rings. The molecule has 0 saturated heterocycles. The van der Waals surface area contributed by atoms with E-state index in [1.165, 1.54) is 11.3 Å². The quantitative estimate of drug-likeness (QED) is 0.486. The number of fused-ring (bicyclic) bond motifs is 2. The molecule has 0 aliphatic carbocycles. The summed E-state index contributed by atoms with van der Waals surface area (Å²) in [5.74, 6) is 2.12. The zero-order chi connectivity index (χ0) is 22.4. The molecule has 1 aliphatic rings. The van der Waals surface area contributed by atoms with E-state index in [9.17, 15) is 0 Å². The van der Waals surface area contributed by atoms with Crippen LogP contribution in [-0.2, 0) is 13.0 Å². The molecule has 8 nitrogen and oxygen atoms in total. The highest BCUT2D eigenvalue weighted by molar-refractivity contribution is 7.21. The minimum Gasteiger partial charge on any atom is -0.491 e. The maximum Gasteiger partial charge on any atom is 0.222 e. The third-order valence-corrected chi connectivity index (χ3v) is 6.59. The van der Waals surface area contributed by atoms with Gasteiger partial charge in [0, 0.05) is 35.1 Å². The predicted molar refractivity (Wildman–Crippen MR) is 129 cm³/mol. The van der Waals surface area contributed by atoms with Crippen LogP contribution in [0.4, 0.5) is 16.9 Å². The molecule has 164 valence electrons. The van der Waals surface area contributed by atoms with Crippen molar-refractivity contribution in [2.75, 3.05) is 29.5 Å². The van der Waals surface area contributed by atoms with Crippen LogP contribution in [0, 0.1) is 13.8 Å². The summed E-state index contributed by atoms with van der Waals surface area (Å²) < 4.78 is 6.17. The Balaban J connectivity index is 1.57. The molecule has 9 heteroatoms. The van der Waals surface area contributed by atoms with Crippen molar-refractivity contribution in [1.29, 1.82) is 0 Å². The molecule has 1 aromatic carbocycles. The summed E-state index contributed by atoms with van der Waals surface area (Å²) in [7, 11) is 0. The van der Waals surface area contributed by atoms with E-state index in [1.807, 2.05) is 19.2 Å². The zero-order valence-corrected chi connectivity index (χ0v) is 19.2. The number of nitrogens with zero attached hydrogens (tertiary/aromatic N) is 5. The van der Waals surface area contributed by atoms with Gasteiger partial charge in [-0.25, -0.2) is 15.0 Å². The van der Waals surface area contributed by atoms with Crippen LogP contribution in [-0.4, -0.2) is 33.1 Å². The zero-order valence-electron chi connectivity index (χ0n) is 18.3. The predicted octanol–water partition coefficient (Wildman–Crippen LogP) is 3.89. The molecule has 4 N–H and O–H groups in total. The Hall–Kier alpha value is -3.46. The molecule has 0 amide bonds. The summed E-state index contributed by atoms with van der Waals surface area (Å²) in [6.45, 7) is 8.15. The summed E-state index contributed by atoms with van der Waals surface area (Å²) in [6.07, 6.45) is 2.72. The summed E-state index contributed by atoms with van der Waals surface area (Å²) in [4.78, 5) is 21.0. The first-order chi connectivity index (χ1) is 15.4. The van der Waals surface area contributed by atoms with Crippen molar-refractivity contribution in [3.05, 3.63) is 46.8 Å². The van der Waals surface area contributed by atoms with Gasteiger partial charge in [-0.05, 0) is 49.6 Å². The maximum absolute atomic E-state index is 6.17. The van der Waals surface area contributed by atoms with Crippen molar-refractivity contribution in [2.24, 2.45) is 0 Å². The third-order valence-electron chi connectivity index (χ3n) is 5.78. The van der Waals surface area contributed by atoms with Crippen LogP contribution < -0.4 is 21.1 Å². The maximum atomic E-state index is 6.17. The molecule has 0 radical (unpaired) electrons. The summed E-state index contributed by atoms with van der Waals surface area (Å²) in [5, 5.41) is 0.526. The minimum atomic E-state index is 0.298. The Kier molecular flexibility index (Phi) is 5.05. The Labute approximate surface area is 190 Å². The molecule has 0 fully saturated rings. The average molecular weight is 448 g/mol. The lowest BCUT2D eigenvalue weighted by atomic mass is 9.99. The Morgan fingerprint density at radius 3 is 2.75 bits per heavy atom. The third kappa shape index (κ3) is 3.58. The highest BCUT2D eigenvalue weighted by Crippen LogP contribution is 2.35. The number of nitrogens with two attached hydrogens (primary N) is 2. The van der Waals surface area contributed by atoms with Gasteiger partial charge < -0.3 is 21.1 Å². The lowest BCUT2D eigenvalue weighted by molar-refractivity contribution is 0.329. The molecule has 0 bridgehead atoms. The van der Waals surface area contributed by atoms with Gasteiger partial charge in [0.1, 0.15) is 28.5 Å². The van der Waals surface area contributed by atoms with Crippen LogP contribution >= 0.6 is 11.3 Å². The lowest BCUT2D eigenvalue weighted by Gasteiger charge is -2.24. The van der Waals surface area contributed by atoms with Crippen molar-refractivity contribution in [1.82, 2.24) is 19.9 Å². The number of ether oxygens (including phenoxy) is 1. The van der Waals surface area contributed by atoms with E-state index in [-0.39, 0.29) is 0 Å². The highest BCUT2D eigenvalue weighted by Gasteiger charge is 2.23. The molecule has 32 heavy (non-hydrogen) atoms. The number of benzene rings is 1. The van der Waals surface area contributed by atoms with Crippen molar-refractivity contribution in [2.45, 2.75) is 33.7 Å². The Bertz CT molecular complexity index is 1330.